The van der Waals surface area contributed by atoms with Crippen LogP contribution in [0.5, 0.6) is 0 Å². The highest BCUT2D eigenvalue weighted by Crippen LogP contribution is 2.26. The van der Waals surface area contributed by atoms with Crippen molar-refractivity contribution in [2.45, 2.75) is 32.9 Å². The maximum absolute atomic E-state index is 13.0. The summed E-state index contributed by atoms with van der Waals surface area (Å²) in [6.45, 7) is 6.03. The quantitative estimate of drug-likeness (QED) is 0.530. The van der Waals surface area contributed by atoms with Gasteiger partial charge < -0.3 is 10.6 Å². The largest absolute Gasteiger partial charge is 0.347 e. The van der Waals surface area contributed by atoms with Crippen LogP contribution in [0.25, 0.3) is 6.08 Å². The van der Waals surface area contributed by atoms with Crippen LogP contribution in [-0.2, 0) is 9.59 Å². The van der Waals surface area contributed by atoms with Crippen LogP contribution in [0.3, 0.4) is 0 Å². The van der Waals surface area contributed by atoms with E-state index in [9.17, 15) is 9.59 Å². The number of halogens is 3. The van der Waals surface area contributed by atoms with Crippen LogP contribution in [0.4, 0.5) is 0 Å². The highest BCUT2D eigenvalue weighted by Gasteiger charge is 2.28. The SMILES string of the molecule is CC(C)(C)[C@H](/C=C/c1ccc(Cl)cc1Cl)NC(=O)[C@@H](NC=O)c1ccc(Cl)cc1. The summed E-state index contributed by atoms with van der Waals surface area (Å²) in [5.74, 6) is -0.328. The standard InChI is InChI=1S/C22H23Cl3N2O2/c1-22(2,3)19(11-7-14-4-10-17(24)12-18(14)25)27-21(29)20(26-13-28)15-5-8-16(23)9-6-15/h4-13,19-20H,1-3H3,(H,26,28)(H,27,29)/b11-7+/t19-,20-/m0/s1. The predicted molar refractivity (Wildman–Crippen MR) is 120 cm³/mol. The van der Waals surface area contributed by atoms with Crippen LogP contribution in [-0.4, -0.2) is 18.4 Å². The molecule has 0 heterocycles. The topological polar surface area (TPSA) is 58.2 Å². The molecule has 0 aliphatic rings. The fraction of sp³-hybridized carbons (Fsp3) is 0.273. The lowest BCUT2D eigenvalue weighted by Gasteiger charge is -2.30. The van der Waals surface area contributed by atoms with Gasteiger partial charge in [0, 0.05) is 15.1 Å². The first-order chi connectivity index (χ1) is 13.6. The summed E-state index contributed by atoms with van der Waals surface area (Å²) in [6.07, 6.45) is 4.24. The lowest BCUT2D eigenvalue weighted by molar-refractivity contribution is -0.126. The van der Waals surface area contributed by atoms with E-state index in [2.05, 4.69) is 10.6 Å². The number of rotatable bonds is 7. The summed E-state index contributed by atoms with van der Waals surface area (Å²) in [5.41, 5.74) is 1.15. The van der Waals surface area contributed by atoms with Crippen molar-refractivity contribution in [3.63, 3.8) is 0 Å². The molecule has 0 spiro atoms. The molecule has 0 bridgehead atoms. The van der Waals surface area contributed by atoms with Crippen molar-refractivity contribution in [2.24, 2.45) is 5.41 Å². The van der Waals surface area contributed by atoms with Gasteiger partial charge in [-0.1, -0.05) is 85.9 Å². The lowest BCUT2D eigenvalue weighted by Crippen LogP contribution is -2.47. The van der Waals surface area contributed by atoms with Gasteiger partial charge in [0.05, 0.1) is 6.04 Å². The third-order valence-electron chi connectivity index (χ3n) is 4.36. The second kappa shape index (κ2) is 10.1. The Bertz CT molecular complexity index is 890. The average molecular weight is 454 g/mol. The van der Waals surface area contributed by atoms with Crippen molar-refractivity contribution in [3.8, 4) is 0 Å². The van der Waals surface area contributed by atoms with Crippen molar-refractivity contribution >= 4 is 53.2 Å². The molecule has 7 heteroatoms. The van der Waals surface area contributed by atoms with E-state index in [0.717, 1.165) is 5.56 Å². The molecule has 0 aromatic heterocycles. The van der Waals surface area contributed by atoms with Crippen molar-refractivity contribution in [1.29, 1.82) is 0 Å². The van der Waals surface area contributed by atoms with E-state index in [-0.39, 0.29) is 17.4 Å². The van der Waals surface area contributed by atoms with Gasteiger partial charge in [-0.15, -0.1) is 0 Å². The van der Waals surface area contributed by atoms with E-state index in [1.165, 1.54) is 0 Å². The number of carbonyl (C=O) groups is 2. The zero-order valence-electron chi connectivity index (χ0n) is 16.4. The normalized spacial score (nSPS) is 13.7. The van der Waals surface area contributed by atoms with E-state index in [1.54, 1.807) is 36.4 Å². The minimum Gasteiger partial charge on any atom is -0.347 e. The molecule has 2 N–H and O–H groups in total. The molecule has 2 aromatic rings. The Morgan fingerprint density at radius 3 is 2.17 bits per heavy atom. The van der Waals surface area contributed by atoms with Gasteiger partial charge in [-0.05, 0) is 40.8 Å². The highest BCUT2D eigenvalue weighted by atomic mass is 35.5. The number of hydrogen-bond acceptors (Lipinski definition) is 2. The molecule has 29 heavy (non-hydrogen) atoms. The highest BCUT2D eigenvalue weighted by molar-refractivity contribution is 6.35. The molecule has 0 unspecified atom stereocenters. The smallest absolute Gasteiger partial charge is 0.247 e. The zero-order chi connectivity index (χ0) is 21.6. The molecular weight excluding hydrogens is 431 g/mol. The summed E-state index contributed by atoms with van der Waals surface area (Å²) in [5, 5.41) is 7.20. The molecule has 0 fully saturated rings. The van der Waals surface area contributed by atoms with Crippen molar-refractivity contribution in [3.05, 3.63) is 74.7 Å². The Kier molecular flexibility index (Phi) is 8.14. The van der Waals surface area contributed by atoms with Gasteiger partial charge in [0.1, 0.15) is 6.04 Å². The van der Waals surface area contributed by atoms with Crippen LogP contribution >= 0.6 is 34.8 Å². The monoisotopic (exact) mass is 452 g/mol. The minimum absolute atomic E-state index is 0.281. The van der Waals surface area contributed by atoms with Gasteiger partial charge in [-0.3, -0.25) is 9.59 Å². The van der Waals surface area contributed by atoms with Gasteiger partial charge in [0.15, 0.2) is 0 Å². The van der Waals surface area contributed by atoms with Crippen LogP contribution in [0.15, 0.2) is 48.5 Å². The van der Waals surface area contributed by atoms with Gasteiger partial charge in [-0.2, -0.15) is 0 Å². The van der Waals surface area contributed by atoms with Gasteiger partial charge in [-0.25, -0.2) is 0 Å². The molecule has 0 aliphatic heterocycles. The Hall–Kier alpha value is -2.01. The summed E-state index contributed by atoms with van der Waals surface area (Å²) in [4.78, 5) is 24.0. The molecule has 2 rings (SSSR count). The number of amides is 2. The third-order valence-corrected chi connectivity index (χ3v) is 5.18. The Morgan fingerprint density at radius 2 is 1.62 bits per heavy atom. The van der Waals surface area contributed by atoms with Crippen LogP contribution in [0, 0.1) is 5.41 Å². The Labute approximate surface area is 186 Å². The maximum Gasteiger partial charge on any atom is 0.247 e. The molecule has 154 valence electrons. The maximum atomic E-state index is 13.0. The Balaban J connectivity index is 2.25. The number of benzene rings is 2. The summed E-state index contributed by atoms with van der Waals surface area (Å²) in [6, 6.07) is 10.8. The van der Waals surface area contributed by atoms with Crippen LogP contribution in [0.1, 0.15) is 37.9 Å². The first-order valence-corrected chi connectivity index (χ1v) is 10.1. The van der Waals surface area contributed by atoms with Crippen molar-refractivity contribution < 1.29 is 9.59 Å². The van der Waals surface area contributed by atoms with E-state index in [4.69, 9.17) is 34.8 Å². The minimum atomic E-state index is -0.831. The van der Waals surface area contributed by atoms with E-state index >= 15 is 0 Å². The van der Waals surface area contributed by atoms with E-state index < -0.39 is 6.04 Å². The molecule has 0 saturated carbocycles. The fourth-order valence-corrected chi connectivity index (χ4v) is 3.27. The van der Waals surface area contributed by atoms with Crippen molar-refractivity contribution in [2.75, 3.05) is 0 Å². The van der Waals surface area contributed by atoms with Crippen molar-refractivity contribution in [1.82, 2.24) is 10.6 Å². The molecular formula is C22H23Cl3N2O2. The first kappa shape index (κ1) is 23.3. The molecule has 0 aliphatic carbocycles. The molecule has 2 amide bonds. The number of hydrogen-bond donors (Lipinski definition) is 2. The van der Waals surface area contributed by atoms with E-state index in [1.807, 2.05) is 39.0 Å². The molecule has 2 aromatic carbocycles. The molecule has 2 atom stereocenters. The van der Waals surface area contributed by atoms with Gasteiger partial charge in [0.25, 0.3) is 0 Å². The van der Waals surface area contributed by atoms with Gasteiger partial charge in [0.2, 0.25) is 12.3 Å². The molecule has 0 saturated heterocycles. The average Bonchev–Trinajstić information content (AvgIpc) is 2.64. The first-order valence-electron chi connectivity index (χ1n) is 9.00. The number of carbonyl (C=O) groups excluding carboxylic acids is 2. The number of nitrogens with one attached hydrogen (secondary N) is 2. The fourth-order valence-electron chi connectivity index (χ4n) is 2.67. The summed E-state index contributed by atoms with van der Waals surface area (Å²) in [7, 11) is 0. The van der Waals surface area contributed by atoms with Gasteiger partial charge >= 0.3 is 0 Å². The Morgan fingerprint density at radius 1 is 1.00 bits per heavy atom. The summed E-state index contributed by atoms with van der Waals surface area (Å²) < 4.78 is 0. The van der Waals surface area contributed by atoms with Crippen LogP contribution < -0.4 is 10.6 Å². The predicted octanol–water partition coefficient (Wildman–Crippen LogP) is 5.68. The van der Waals surface area contributed by atoms with Crippen LogP contribution in [0.2, 0.25) is 15.1 Å². The molecule has 0 radical (unpaired) electrons. The second-order valence-electron chi connectivity index (χ2n) is 7.65. The molecule has 4 nitrogen and oxygen atoms in total. The van der Waals surface area contributed by atoms with E-state index in [0.29, 0.717) is 27.0 Å². The third kappa shape index (κ3) is 6.77. The second-order valence-corrected chi connectivity index (χ2v) is 8.93. The lowest BCUT2D eigenvalue weighted by atomic mass is 9.86. The zero-order valence-corrected chi connectivity index (χ0v) is 18.6. The summed E-state index contributed by atoms with van der Waals surface area (Å²) >= 11 is 18.1.